The van der Waals surface area contributed by atoms with Crippen molar-refractivity contribution in [2.75, 3.05) is 0 Å². The van der Waals surface area contributed by atoms with Crippen LogP contribution in [0.2, 0.25) is 0 Å². The molecule has 8 heteroatoms. The van der Waals surface area contributed by atoms with Gasteiger partial charge in [-0.2, -0.15) is 4.73 Å². The van der Waals surface area contributed by atoms with Gasteiger partial charge in [0.2, 0.25) is 0 Å². The van der Waals surface area contributed by atoms with Crippen LogP contribution >= 0.6 is 11.3 Å². The molecule has 0 aliphatic rings. The van der Waals surface area contributed by atoms with Gasteiger partial charge in [-0.05, 0) is 6.07 Å². The van der Waals surface area contributed by atoms with Crippen molar-refractivity contribution in [3.8, 4) is 21.7 Å². The highest BCUT2D eigenvalue weighted by Gasteiger charge is 2.14. The monoisotopic (exact) mass is 350 g/mol. The highest BCUT2D eigenvalue weighted by Crippen LogP contribution is 2.36. The predicted octanol–water partition coefficient (Wildman–Crippen LogP) is 3.57. The molecule has 0 radical (unpaired) electrons. The Morgan fingerprint density at radius 1 is 1.04 bits per heavy atom. The van der Waals surface area contributed by atoms with Gasteiger partial charge in [-0.25, -0.2) is 9.97 Å². The molecule has 0 saturated heterocycles. The molecule has 0 amide bonds. The Bertz CT molecular complexity index is 1090. The number of benzene rings is 1. The molecular formula is C17H10N4O3S. The third-order valence-corrected chi connectivity index (χ3v) is 4.84. The molecule has 25 heavy (non-hydrogen) atoms. The first-order valence-corrected chi connectivity index (χ1v) is 8.12. The highest BCUT2D eigenvalue weighted by molar-refractivity contribution is 7.21. The summed E-state index contributed by atoms with van der Waals surface area (Å²) < 4.78 is 0.727. The van der Waals surface area contributed by atoms with Crippen molar-refractivity contribution in [2.24, 2.45) is 0 Å². The maximum atomic E-state index is 11.2. The number of hydrogen-bond acceptors (Lipinski definition) is 6. The summed E-state index contributed by atoms with van der Waals surface area (Å²) in [7, 11) is 0. The Balaban J connectivity index is 1.87. The Labute approximate surface area is 145 Å². The van der Waals surface area contributed by atoms with Gasteiger partial charge in [0.15, 0.2) is 12.4 Å². The minimum Gasteiger partial charge on any atom is -0.619 e. The van der Waals surface area contributed by atoms with Gasteiger partial charge in [-0.3, -0.25) is 10.1 Å². The second-order valence-corrected chi connectivity index (χ2v) is 6.34. The number of nitrogens with zero attached hydrogens (tertiary/aromatic N) is 4. The second-order valence-electron chi connectivity index (χ2n) is 5.31. The van der Waals surface area contributed by atoms with Crippen LogP contribution in [0.4, 0.5) is 5.69 Å². The van der Waals surface area contributed by atoms with E-state index in [0.29, 0.717) is 11.3 Å². The van der Waals surface area contributed by atoms with Crippen LogP contribution in [0.15, 0.2) is 61.2 Å². The summed E-state index contributed by atoms with van der Waals surface area (Å²) in [6.07, 6.45) is 4.33. The number of rotatable bonds is 3. The zero-order valence-electron chi connectivity index (χ0n) is 12.7. The number of pyridine rings is 1. The smallest absolute Gasteiger partial charge is 0.270 e. The van der Waals surface area contributed by atoms with Gasteiger partial charge in [0.05, 0.1) is 10.6 Å². The largest absolute Gasteiger partial charge is 0.619 e. The molecule has 1 aromatic carbocycles. The minimum absolute atomic E-state index is 0.0165. The summed E-state index contributed by atoms with van der Waals surface area (Å²) >= 11 is 1.48. The van der Waals surface area contributed by atoms with Crippen LogP contribution < -0.4 is 4.73 Å². The average molecular weight is 350 g/mol. The van der Waals surface area contributed by atoms with E-state index in [0.717, 1.165) is 25.4 Å². The molecule has 3 aromatic heterocycles. The van der Waals surface area contributed by atoms with E-state index >= 15 is 0 Å². The second kappa shape index (κ2) is 5.91. The lowest BCUT2D eigenvalue weighted by atomic mass is 10.1. The first-order chi connectivity index (χ1) is 12.1. The van der Waals surface area contributed by atoms with Crippen LogP contribution in [0.5, 0.6) is 0 Å². The molecule has 0 fully saturated rings. The summed E-state index contributed by atoms with van der Waals surface area (Å²) in [5, 5.41) is 23.0. The number of nitro groups is 1. The van der Waals surface area contributed by atoms with Crippen molar-refractivity contribution in [1.82, 2.24) is 9.97 Å². The molecule has 0 atom stereocenters. The Kier molecular flexibility index (Phi) is 3.58. The van der Waals surface area contributed by atoms with Crippen LogP contribution in [0.25, 0.3) is 31.9 Å². The molecular weight excluding hydrogens is 340 g/mol. The molecule has 122 valence electrons. The fraction of sp³-hybridized carbons (Fsp3) is 0. The molecule has 0 bridgehead atoms. The van der Waals surface area contributed by atoms with Gasteiger partial charge in [0, 0.05) is 45.7 Å². The molecule has 4 aromatic rings. The number of thiophene rings is 1. The quantitative estimate of drug-likeness (QED) is 0.244. The Morgan fingerprint density at radius 3 is 2.60 bits per heavy atom. The van der Waals surface area contributed by atoms with Crippen molar-refractivity contribution < 1.29 is 9.65 Å². The van der Waals surface area contributed by atoms with Crippen LogP contribution in [0, 0.1) is 15.3 Å². The zero-order chi connectivity index (χ0) is 17.4. The fourth-order valence-corrected chi connectivity index (χ4v) is 3.58. The minimum atomic E-state index is -0.427. The van der Waals surface area contributed by atoms with E-state index in [4.69, 9.17) is 0 Å². The third kappa shape index (κ3) is 2.79. The van der Waals surface area contributed by atoms with Gasteiger partial charge in [0.1, 0.15) is 11.2 Å². The van der Waals surface area contributed by atoms with Crippen molar-refractivity contribution in [3.63, 3.8) is 0 Å². The van der Waals surface area contributed by atoms with E-state index in [-0.39, 0.29) is 5.69 Å². The first kappa shape index (κ1) is 15.2. The van der Waals surface area contributed by atoms with Gasteiger partial charge < -0.3 is 5.21 Å². The van der Waals surface area contributed by atoms with E-state index in [9.17, 15) is 15.3 Å². The standard InChI is InChI=1S/C17H10N4O3S/c22-20-6-4-11(5-7-20)15-9-14-16(18-10-19-17(14)25-15)12-2-1-3-13(8-12)21(23)24/h1-10H. The summed E-state index contributed by atoms with van der Waals surface area (Å²) in [6, 6.07) is 11.8. The molecule has 0 unspecified atom stereocenters. The zero-order valence-corrected chi connectivity index (χ0v) is 13.5. The van der Waals surface area contributed by atoms with Gasteiger partial charge in [-0.15, -0.1) is 11.3 Å². The summed E-state index contributed by atoms with van der Waals surface area (Å²) in [5.41, 5.74) is 2.23. The maximum absolute atomic E-state index is 11.2. The molecule has 0 aliphatic carbocycles. The lowest BCUT2D eigenvalue weighted by molar-refractivity contribution is -0.605. The summed E-state index contributed by atoms with van der Waals surface area (Å²) in [6.45, 7) is 0. The van der Waals surface area contributed by atoms with Crippen molar-refractivity contribution in [1.29, 1.82) is 0 Å². The van der Waals surface area contributed by atoms with Crippen LogP contribution in [0.1, 0.15) is 0 Å². The molecule has 0 aliphatic heterocycles. The van der Waals surface area contributed by atoms with E-state index in [1.165, 1.54) is 42.2 Å². The summed E-state index contributed by atoms with van der Waals surface area (Å²) in [5.74, 6) is 0. The van der Waals surface area contributed by atoms with E-state index in [1.807, 2.05) is 6.07 Å². The SMILES string of the molecule is O=[N+]([O-])c1cccc(-c2ncnc3sc(-c4cc[n+]([O-])cc4)cc23)c1. The summed E-state index contributed by atoms with van der Waals surface area (Å²) in [4.78, 5) is 20.9. The van der Waals surface area contributed by atoms with Crippen molar-refractivity contribution in [3.05, 3.63) is 76.5 Å². The number of hydrogen-bond donors (Lipinski definition) is 0. The van der Waals surface area contributed by atoms with Crippen LogP contribution in [0.3, 0.4) is 0 Å². The molecule has 7 nitrogen and oxygen atoms in total. The normalized spacial score (nSPS) is 10.9. The maximum Gasteiger partial charge on any atom is 0.270 e. The number of fused-ring (bicyclic) bond motifs is 1. The van der Waals surface area contributed by atoms with Crippen LogP contribution in [-0.4, -0.2) is 14.9 Å². The third-order valence-electron chi connectivity index (χ3n) is 3.75. The molecule has 0 N–H and O–H groups in total. The fourth-order valence-electron chi connectivity index (χ4n) is 2.57. The topological polar surface area (TPSA) is 95.9 Å². The van der Waals surface area contributed by atoms with Gasteiger partial charge in [0.25, 0.3) is 5.69 Å². The lowest BCUT2D eigenvalue weighted by Gasteiger charge is -2.01. The van der Waals surface area contributed by atoms with Crippen LogP contribution in [-0.2, 0) is 0 Å². The lowest BCUT2D eigenvalue weighted by Crippen LogP contribution is -2.23. The van der Waals surface area contributed by atoms with E-state index < -0.39 is 4.92 Å². The van der Waals surface area contributed by atoms with Crippen molar-refractivity contribution in [2.45, 2.75) is 0 Å². The average Bonchev–Trinajstić information content (AvgIpc) is 3.06. The Morgan fingerprint density at radius 2 is 1.84 bits per heavy atom. The molecule has 0 saturated carbocycles. The Hall–Kier alpha value is -3.39. The first-order valence-electron chi connectivity index (χ1n) is 7.30. The van der Waals surface area contributed by atoms with Crippen molar-refractivity contribution >= 4 is 27.2 Å². The van der Waals surface area contributed by atoms with E-state index in [1.54, 1.807) is 24.3 Å². The highest BCUT2D eigenvalue weighted by atomic mass is 32.1. The van der Waals surface area contributed by atoms with E-state index in [2.05, 4.69) is 9.97 Å². The number of nitro benzene ring substituents is 1. The number of non-ortho nitro benzene ring substituents is 1. The number of aromatic nitrogens is 3. The molecule has 3 heterocycles. The van der Waals surface area contributed by atoms with Gasteiger partial charge >= 0.3 is 0 Å². The molecule has 0 spiro atoms. The molecule has 4 rings (SSSR count). The predicted molar refractivity (Wildman–Crippen MR) is 93.9 cm³/mol. The van der Waals surface area contributed by atoms with Gasteiger partial charge in [-0.1, -0.05) is 12.1 Å².